The molecule has 24 heavy (non-hydrogen) atoms. The second-order valence-corrected chi connectivity index (χ2v) is 7.64. The maximum atomic E-state index is 12.6. The first-order valence-corrected chi connectivity index (χ1v) is 9.75. The SMILES string of the molecule is O=C(CC1CCCCCC1)N1CCC(C(O)c2ccccc2)CC1. The number of amides is 1. The minimum atomic E-state index is -0.398. The molecule has 1 aromatic rings. The van der Waals surface area contributed by atoms with Gasteiger partial charge in [-0.3, -0.25) is 4.79 Å². The third-order valence-electron chi connectivity index (χ3n) is 5.92. The Labute approximate surface area is 146 Å². The van der Waals surface area contributed by atoms with E-state index in [9.17, 15) is 9.90 Å². The molecule has 1 unspecified atom stereocenters. The fourth-order valence-corrected chi connectivity index (χ4v) is 4.33. The Bertz CT molecular complexity index is 500. The molecular weight excluding hydrogens is 298 g/mol. The number of carbonyl (C=O) groups excluding carboxylic acids is 1. The summed E-state index contributed by atoms with van der Waals surface area (Å²) >= 11 is 0. The van der Waals surface area contributed by atoms with Crippen molar-refractivity contribution in [2.75, 3.05) is 13.1 Å². The maximum absolute atomic E-state index is 12.6. The van der Waals surface area contributed by atoms with Gasteiger partial charge in [0, 0.05) is 19.5 Å². The normalized spacial score (nSPS) is 22.1. The molecule has 0 spiro atoms. The number of benzene rings is 1. The number of piperidine rings is 1. The zero-order valence-corrected chi connectivity index (χ0v) is 14.7. The zero-order valence-electron chi connectivity index (χ0n) is 14.7. The van der Waals surface area contributed by atoms with Crippen LogP contribution in [0.2, 0.25) is 0 Å². The third-order valence-corrected chi connectivity index (χ3v) is 5.92. The monoisotopic (exact) mass is 329 g/mol. The van der Waals surface area contributed by atoms with Crippen LogP contribution in [0, 0.1) is 11.8 Å². The van der Waals surface area contributed by atoms with Crippen molar-refractivity contribution in [2.45, 2.75) is 63.9 Å². The first-order chi connectivity index (χ1) is 11.7. The quantitative estimate of drug-likeness (QED) is 0.836. The molecule has 1 aromatic carbocycles. The van der Waals surface area contributed by atoms with E-state index in [1.54, 1.807) is 0 Å². The highest BCUT2D eigenvalue weighted by Crippen LogP contribution is 2.32. The van der Waals surface area contributed by atoms with E-state index in [1.165, 1.54) is 38.5 Å². The van der Waals surface area contributed by atoms with Crippen molar-refractivity contribution in [2.24, 2.45) is 11.8 Å². The van der Waals surface area contributed by atoms with Crippen LogP contribution in [0.25, 0.3) is 0 Å². The summed E-state index contributed by atoms with van der Waals surface area (Å²) in [6.45, 7) is 1.61. The van der Waals surface area contributed by atoms with Gasteiger partial charge in [-0.05, 0) is 43.1 Å². The van der Waals surface area contributed by atoms with E-state index in [-0.39, 0.29) is 5.92 Å². The molecule has 3 rings (SSSR count). The van der Waals surface area contributed by atoms with Crippen LogP contribution in [0.5, 0.6) is 0 Å². The number of rotatable bonds is 4. The lowest BCUT2D eigenvalue weighted by Gasteiger charge is -2.35. The van der Waals surface area contributed by atoms with E-state index in [4.69, 9.17) is 0 Å². The van der Waals surface area contributed by atoms with Gasteiger partial charge in [-0.15, -0.1) is 0 Å². The number of carbonyl (C=O) groups is 1. The minimum Gasteiger partial charge on any atom is -0.388 e. The van der Waals surface area contributed by atoms with Gasteiger partial charge in [-0.2, -0.15) is 0 Å². The van der Waals surface area contributed by atoms with Gasteiger partial charge in [-0.1, -0.05) is 56.0 Å². The largest absolute Gasteiger partial charge is 0.388 e. The Balaban J connectivity index is 1.46. The molecule has 1 N–H and O–H groups in total. The highest BCUT2D eigenvalue weighted by molar-refractivity contribution is 5.76. The Hall–Kier alpha value is -1.35. The van der Waals surface area contributed by atoms with Crippen molar-refractivity contribution >= 4 is 5.91 Å². The minimum absolute atomic E-state index is 0.273. The van der Waals surface area contributed by atoms with Crippen LogP contribution in [0.4, 0.5) is 0 Å². The van der Waals surface area contributed by atoms with Crippen LogP contribution in [0.15, 0.2) is 30.3 Å². The van der Waals surface area contributed by atoms with Crippen LogP contribution in [0.1, 0.15) is 69.5 Å². The van der Waals surface area contributed by atoms with E-state index in [1.807, 2.05) is 35.2 Å². The van der Waals surface area contributed by atoms with Crippen LogP contribution < -0.4 is 0 Å². The predicted molar refractivity (Wildman–Crippen MR) is 96.5 cm³/mol. The van der Waals surface area contributed by atoms with Gasteiger partial charge in [0.15, 0.2) is 0 Å². The Morgan fingerprint density at radius 1 is 1.00 bits per heavy atom. The fraction of sp³-hybridized carbons (Fsp3) is 0.667. The second-order valence-electron chi connectivity index (χ2n) is 7.64. The summed E-state index contributed by atoms with van der Waals surface area (Å²) in [5.74, 6) is 1.22. The molecule has 1 aliphatic carbocycles. The third kappa shape index (κ3) is 4.60. The number of hydrogen-bond acceptors (Lipinski definition) is 2. The Morgan fingerprint density at radius 3 is 2.25 bits per heavy atom. The van der Waals surface area contributed by atoms with Crippen LogP contribution in [-0.4, -0.2) is 29.0 Å². The molecule has 3 heteroatoms. The number of nitrogens with zero attached hydrogens (tertiary/aromatic N) is 1. The van der Waals surface area contributed by atoms with Crippen molar-refractivity contribution in [1.82, 2.24) is 4.90 Å². The average Bonchev–Trinajstić information content (AvgIpc) is 2.90. The summed E-state index contributed by atoms with van der Waals surface area (Å²) in [4.78, 5) is 14.6. The first kappa shape index (κ1) is 17.5. The molecule has 2 fully saturated rings. The van der Waals surface area contributed by atoms with Crippen molar-refractivity contribution in [3.63, 3.8) is 0 Å². The lowest BCUT2D eigenvalue weighted by atomic mass is 9.87. The summed E-state index contributed by atoms with van der Waals surface area (Å²) in [7, 11) is 0. The topological polar surface area (TPSA) is 40.5 Å². The summed E-state index contributed by atoms with van der Waals surface area (Å²) in [5.41, 5.74) is 1.00. The fourth-order valence-electron chi connectivity index (χ4n) is 4.33. The van der Waals surface area contributed by atoms with Crippen molar-refractivity contribution in [3.05, 3.63) is 35.9 Å². The van der Waals surface area contributed by atoms with Crippen molar-refractivity contribution in [3.8, 4) is 0 Å². The molecule has 1 amide bonds. The first-order valence-electron chi connectivity index (χ1n) is 9.75. The van der Waals surface area contributed by atoms with Crippen LogP contribution in [-0.2, 0) is 4.79 Å². The lowest BCUT2D eigenvalue weighted by molar-refractivity contribution is -0.134. The van der Waals surface area contributed by atoms with E-state index >= 15 is 0 Å². The molecule has 1 heterocycles. The Morgan fingerprint density at radius 2 is 1.62 bits per heavy atom. The highest BCUT2D eigenvalue weighted by Gasteiger charge is 2.29. The molecule has 0 aromatic heterocycles. The number of aliphatic hydroxyl groups is 1. The number of hydrogen-bond donors (Lipinski definition) is 1. The number of aliphatic hydroxyl groups excluding tert-OH is 1. The maximum Gasteiger partial charge on any atom is 0.222 e. The molecule has 0 bridgehead atoms. The molecular formula is C21H31NO2. The molecule has 1 atom stereocenters. The van der Waals surface area contributed by atoms with Gasteiger partial charge < -0.3 is 10.0 Å². The molecule has 0 radical (unpaired) electrons. The molecule has 1 aliphatic heterocycles. The molecule has 3 nitrogen and oxygen atoms in total. The van der Waals surface area contributed by atoms with Gasteiger partial charge in [-0.25, -0.2) is 0 Å². The summed E-state index contributed by atoms with van der Waals surface area (Å²) in [5, 5.41) is 10.6. The second kappa shape index (κ2) is 8.66. The van der Waals surface area contributed by atoms with E-state index < -0.39 is 6.10 Å². The van der Waals surface area contributed by atoms with Gasteiger partial charge in [0.1, 0.15) is 0 Å². The molecule has 1 saturated carbocycles. The van der Waals surface area contributed by atoms with E-state index in [0.717, 1.165) is 37.9 Å². The predicted octanol–water partition coefficient (Wildman–Crippen LogP) is 4.32. The van der Waals surface area contributed by atoms with Gasteiger partial charge in [0.05, 0.1) is 6.10 Å². The summed E-state index contributed by atoms with van der Waals surface area (Å²) < 4.78 is 0. The standard InChI is InChI=1S/C21H31NO2/c23-20(16-17-8-4-1-2-5-9-17)22-14-12-19(13-15-22)21(24)18-10-6-3-7-11-18/h3,6-7,10-11,17,19,21,24H,1-2,4-5,8-9,12-16H2. The molecule has 2 aliphatic rings. The summed E-state index contributed by atoms with van der Waals surface area (Å²) in [6.07, 6.45) is 9.90. The molecule has 1 saturated heterocycles. The smallest absolute Gasteiger partial charge is 0.222 e. The van der Waals surface area contributed by atoms with Gasteiger partial charge >= 0.3 is 0 Å². The zero-order chi connectivity index (χ0) is 16.8. The lowest BCUT2D eigenvalue weighted by Crippen LogP contribution is -2.40. The van der Waals surface area contributed by atoms with Crippen LogP contribution >= 0.6 is 0 Å². The van der Waals surface area contributed by atoms with Crippen molar-refractivity contribution < 1.29 is 9.90 Å². The molecule has 132 valence electrons. The average molecular weight is 329 g/mol. The Kier molecular flexibility index (Phi) is 6.30. The van der Waals surface area contributed by atoms with Crippen molar-refractivity contribution in [1.29, 1.82) is 0 Å². The highest BCUT2D eigenvalue weighted by atomic mass is 16.3. The van der Waals surface area contributed by atoms with Gasteiger partial charge in [0.25, 0.3) is 0 Å². The van der Waals surface area contributed by atoms with E-state index in [0.29, 0.717) is 11.8 Å². The summed E-state index contributed by atoms with van der Waals surface area (Å²) in [6, 6.07) is 9.92. The van der Waals surface area contributed by atoms with Crippen LogP contribution in [0.3, 0.4) is 0 Å². The van der Waals surface area contributed by atoms with Gasteiger partial charge in [0.2, 0.25) is 5.91 Å². The number of likely N-dealkylation sites (tertiary alicyclic amines) is 1. The van der Waals surface area contributed by atoms with E-state index in [2.05, 4.69) is 0 Å².